The Kier molecular flexibility index (Phi) is 5.68. The topological polar surface area (TPSA) is 58.2 Å². The number of benzene rings is 1. The third-order valence-corrected chi connectivity index (χ3v) is 4.60. The van der Waals surface area contributed by atoms with E-state index in [-0.39, 0.29) is 16.6 Å². The van der Waals surface area contributed by atoms with E-state index in [0.29, 0.717) is 5.56 Å². The zero-order chi connectivity index (χ0) is 15.6. The van der Waals surface area contributed by atoms with Crippen LogP contribution in [0, 0.1) is 0 Å². The Morgan fingerprint density at radius 2 is 1.85 bits per heavy atom. The molecule has 4 nitrogen and oxygen atoms in total. The van der Waals surface area contributed by atoms with Crippen molar-refractivity contribution in [3.63, 3.8) is 0 Å². The van der Waals surface area contributed by atoms with Gasteiger partial charge in [-0.05, 0) is 19.2 Å². The van der Waals surface area contributed by atoms with Crippen molar-refractivity contribution in [3.05, 3.63) is 27.7 Å². The molecule has 0 radical (unpaired) electrons. The Hall–Kier alpha value is -0.540. The number of halogens is 5. The standard InChI is InChI=1S/C10H11Cl2F3N2O2S/c1-16-4-6-7(11)2-3-8(9(6)12)20(18,19)17-5-10(13,14)15/h2-3,16-17H,4-5H2,1H3. The summed E-state index contributed by atoms with van der Waals surface area (Å²) >= 11 is 11.8. The van der Waals surface area contributed by atoms with Crippen molar-refractivity contribution in [2.45, 2.75) is 17.6 Å². The second kappa shape index (κ2) is 6.48. The fraction of sp³-hybridized carbons (Fsp3) is 0.400. The summed E-state index contributed by atoms with van der Waals surface area (Å²) in [5, 5.41) is 2.75. The minimum Gasteiger partial charge on any atom is -0.316 e. The Labute approximate surface area is 124 Å². The third-order valence-electron chi connectivity index (χ3n) is 2.26. The van der Waals surface area contributed by atoms with E-state index < -0.39 is 27.6 Å². The smallest absolute Gasteiger partial charge is 0.316 e. The van der Waals surface area contributed by atoms with Gasteiger partial charge in [0, 0.05) is 17.1 Å². The first-order valence-electron chi connectivity index (χ1n) is 5.26. The summed E-state index contributed by atoms with van der Waals surface area (Å²) in [6.07, 6.45) is -4.65. The second-order valence-corrected chi connectivity index (χ2v) is 6.33. The van der Waals surface area contributed by atoms with Crippen molar-refractivity contribution in [1.29, 1.82) is 0 Å². The van der Waals surface area contributed by atoms with Crippen LogP contribution < -0.4 is 10.0 Å². The molecule has 0 bridgehead atoms. The van der Waals surface area contributed by atoms with Gasteiger partial charge in [0.2, 0.25) is 10.0 Å². The summed E-state index contributed by atoms with van der Waals surface area (Å²) in [5.41, 5.74) is 0.297. The zero-order valence-electron chi connectivity index (χ0n) is 10.2. The quantitative estimate of drug-likeness (QED) is 0.857. The molecular formula is C10H11Cl2F3N2O2S. The first-order valence-corrected chi connectivity index (χ1v) is 7.50. The summed E-state index contributed by atoms with van der Waals surface area (Å²) in [5.74, 6) is 0. The lowest BCUT2D eigenvalue weighted by molar-refractivity contribution is -0.121. The molecule has 0 spiro atoms. The molecule has 0 atom stereocenters. The molecule has 1 aromatic carbocycles. The van der Waals surface area contributed by atoms with Gasteiger partial charge in [-0.3, -0.25) is 0 Å². The summed E-state index contributed by atoms with van der Waals surface area (Å²) in [4.78, 5) is -0.446. The largest absolute Gasteiger partial charge is 0.402 e. The molecule has 0 saturated heterocycles. The normalized spacial score (nSPS) is 12.7. The molecule has 20 heavy (non-hydrogen) atoms. The van der Waals surface area contributed by atoms with E-state index >= 15 is 0 Å². The lowest BCUT2D eigenvalue weighted by Crippen LogP contribution is -2.34. The lowest BCUT2D eigenvalue weighted by Gasteiger charge is -2.13. The highest BCUT2D eigenvalue weighted by Gasteiger charge is 2.31. The Morgan fingerprint density at radius 1 is 1.25 bits per heavy atom. The van der Waals surface area contributed by atoms with Crippen molar-refractivity contribution in [3.8, 4) is 0 Å². The second-order valence-electron chi connectivity index (χ2n) is 3.81. The SMILES string of the molecule is CNCc1c(Cl)ccc(S(=O)(=O)NCC(F)(F)F)c1Cl. The van der Waals surface area contributed by atoms with Crippen LogP contribution in [0.15, 0.2) is 17.0 Å². The van der Waals surface area contributed by atoms with E-state index in [9.17, 15) is 21.6 Å². The highest BCUT2D eigenvalue weighted by molar-refractivity contribution is 7.89. The van der Waals surface area contributed by atoms with Crippen LogP contribution in [0.2, 0.25) is 10.0 Å². The van der Waals surface area contributed by atoms with Crippen molar-refractivity contribution in [2.24, 2.45) is 0 Å². The van der Waals surface area contributed by atoms with Crippen LogP contribution >= 0.6 is 23.2 Å². The molecule has 2 N–H and O–H groups in total. The molecule has 0 unspecified atom stereocenters. The van der Waals surface area contributed by atoms with Crippen molar-refractivity contribution in [1.82, 2.24) is 10.0 Å². The van der Waals surface area contributed by atoms with E-state index in [4.69, 9.17) is 23.2 Å². The van der Waals surface area contributed by atoms with Gasteiger partial charge in [0.15, 0.2) is 0 Å². The number of sulfonamides is 1. The molecular weight excluding hydrogens is 340 g/mol. The van der Waals surface area contributed by atoms with Gasteiger partial charge in [0.05, 0.1) is 5.02 Å². The molecule has 0 amide bonds. The molecule has 10 heteroatoms. The average molecular weight is 351 g/mol. The molecule has 0 aliphatic heterocycles. The maximum absolute atomic E-state index is 12.1. The van der Waals surface area contributed by atoms with Gasteiger partial charge >= 0.3 is 6.18 Å². The van der Waals surface area contributed by atoms with Crippen LogP contribution in [0.1, 0.15) is 5.56 Å². The summed E-state index contributed by atoms with van der Waals surface area (Å²) in [7, 11) is -2.78. The molecule has 0 heterocycles. The minimum atomic E-state index is -4.65. The van der Waals surface area contributed by atoms with Gasteiger partial charge in [-0.2, -0.15) is 13.2 Å². The summed E-state index contributed by atoms with van der Waals surface area (Å²) in [6, 6.07) is 2.32. The van der Waals surface area contributed by atoms with Crippen LogP contribution in [-0.2, 0) is 16.6 Å². The number of nitrogens with one attached hydrogen (secondary N) is 2. The number of alkyl halides is 3. The van der Waals surface area contributed by atoms with Gasteiger partial charge in [0.25, 0.3) is 0 Å². The first-order chi connectivity index (χ1) is 9.08. The Morgan fingerprint density at radius 3 is 2.35 bits per heavy atom. The predicted octanol–water partition coefficient (Wildman–Crippen LogP) is 2.55. The van der Waals surface area contributed by atoms with Crippen LogP contribution in [0.3, 0.4) is 0 Å². The Bertz CT molecular complexity index is 591. The van der Waals surface area contributed by atoms with E-state index in [1.54, 1.807) is 7.05 Å². The molecule has 0 aliphatic carbocycles. The molecule has 114 valence electrons. The molecule has 1 rings (SSSR count). The van der Waals surface area contributed by atoms with E-state index in [2.05, 4.69) is 5.32 Å². The molecule has 0 aliphatic rings. The highest BCUT2D eigenvalue weighted by Crippen LogP contribution is 2.31. The van der Waals surface area contributed by atoms with Gasteiger partial charge < -0.3 is 5.32 Å². The van der Waals surface area contributed by atoms with E-state index in [1.807, 2.05) is 0 Å². The Balaban J connectivity index is 3.16. The third kappa shape index (κ3) is 4.49. The first kappa shape index (κ1) is 17.5. The fourth-order valence-corrected chi connectivity index (χ4v) is 3.30. The summed E-state index contributed by atoms with van der Waals surface area (Å²) in [6.45, 7) is -1.49. The van der Waals surface area contributed by atoms with Crippen molar-refractivity contribution in [2.75, 3.05) is 13.6 Å². The highest BCUT2D eigenvalue weighted by atomic mass is 35.5. The van der Waals surface area contributed by atoms with Crippen LogP contribution in [0.5, 0.6) is 0 Å². The van der Waals surface area contributed by atoms with Gasteiger partial charge in [-0.15, -0.1) is 0 Å². The van der Waals surface area contributed by atoms with Crippen molar-refractivity contribution < 1.29 is 21.6 Å². The van der Waals surface area contributed by atoms with Gasteiger partial charge in [0.1, 0.15) is 11.4 Å². The number of rotatable bonds is 5. The fourth-order valence-electron chi connectivity index (χ4n) is 1.38. The zero-order valence-corrected chi connectivity index (χ0v) is 12.5. The minimum absolute atomic E-state index is 0.181. The maximum Gasteiger partial charge on any atom is 0.402 e. The van der Waals surface area contributed by atoms with E-state index in [1.165, 1.54) is 10.8 Å². The summed E-state index contributed by atoms with van der Waals surface area (Å²) < 4.78 is 61.3. The van der Waals surface area contributed by atoms with Crippen LogP contribution in [0.25, 0.3) is 0 Å². The number of hydrogen-bond acceptors (Lipinski definition) is 3. The van der Waals surface area contributed by atoms with Gasteiger partial charge in [-0.1, -0.05) is 23.2 Å². The van der Waals surface area contributed by atoms with Crippen LogP contribution in [0.4, 0.5) is 13.2 Å². The van der Waals surface area contributed by atoms with Crippen molar-refractivity contribution >= 4 is 33.2 Å². The molecule has 0 aromatic heterocycles. The lowest BCUT2D eigenvalue weighted by atomic mass is 10.2. The molecule has 1 aromatic rings. The maximum atomic E-state index is 12.1. The molecule has 0 fully saturated rings. The molecule has 0 saturated carbocycles. The monoisotopic (exact) mass is 350 g/mol. The van der Waals surface area contributed by atoms with Crippen LogP contribution in [-0.4, -0.2) is 28.2 Å². The van der Waals surface area contributed by atoms with Gasteiger partial charge in [-0.25, -0.2) is 13.1 Å². The average Bonchev–Trinajstić information content (AvgIpc) is 2.31. The predicted molar refractivity (Wildman–Crippen MR) is 70.5 cm³/mol. The number of hydrogen-bond donors (Lipinski definition) is 2. The van der Waals surface area contributed by atoms with E-state index in [0.717, 1.165) is 6.07 Å².